The second-order valence-electron chi connectivity index (χ2n) is 7.30. The number of carbonyl (C=O) groups is 2. The van der Waals surface area contributed by atoms with E-state index in [4.69, 9.17) is 9.15 Å². The number of aryl methyl sites for hydroxylation is 3. The SMILES string of the molecule is Cc1ccc(CCC(=O)NCCOC(=O)CCc2ncc(-c3ccc(F)cc3F)o2)cc1. The summed E-state index contributed by atoms with van der Waals surface area (Å²) in [7, 11) is 0. The Hall–Kier alpha value is -3.55. The van der Waals surface area contributed by atoms with Gasteiger partial charge in [0.2, 0.25) is 5.91 Å². The molecule has 3 rings (SSSR count). The molecular formula is C24H24F2N2O4. The standard InChI is InChI=1S/C24H24F2N2O4/c1-16-2-4-17(5-3-16)6-9-22(29)27-12-13-31-24(30)11-10-23-28-15-21(32-23)19-8-7-18(25)14-20(19)26/h2-5,7-8,14-15H,6,9-13H2,1H3,(H,27,29). The van der Waals surface area contributed by atoms with Gasteiger partial charge in [0.15, 0.2) is 11.7 Å². The van der Waals surface area contributed by atoms with E-state index in [1.165, 1.54) is 17.8 Å². The molecule has 6 nitrogen and oxygen atoms in total. The molecule has 0 fully saturated rings. The van der Waals surface area contributed by atoms with Gasteiger partial charge in [-0.05, 0) is 31.0 Å². The van der Waals surface area contributed by atoms with E-state index in [0.717, 1.165) is 17.7 Å². The van der Waals surface area contributed by atoms with E-state index in [1.807, 2.05) is 31.2 Å². The fourth-order valence-electron chi connectivity index (χ4n) is 2.98. The average Bonchev–Trinajstić information content (AvgIpc) is 3.23. The molecule has 0 spiro atoms. The van der Waals surface area contributed by atoms with Crippen molar-refractivity contribution >= 4 is 11.9 Å². The summed E-state index contributed by atoms with van der Waals surface area (Å²) in [6, 6.07) is 11.2. The molecule has 1 amide bonds. The number of nitrogens with one attached hydrogen (secondary N) is 1. The van der Waals surface area contributed by atoms with Crippen molar-refractivity contribution < 1.29 is 27.5 Å². The molecule has 32 heavy (non-hydrogen) atoms. The van der Waals surface area contributed by atoms with E-state index in [-0.39, 0.29) is 49.1 Å². The zero-order valence-corrected chi connectivity index (χ0v) is 17.7. The van der Waals surface area contributed by atoms with Crippen molar-refractivity contribution in [3.05, 3.63) is 77.3 Å². The van der Waals surface area contributed by atoms with Gasteiger partial charge in [0, 0.05) is 18.9 Å². The number of hydrogen-bond donors (Lipinski definition) is 1. The summed E-state index contributed by atoms with van der Waals surface area (Å²) in [4.78, 5) is 27.7. The topological polar surface area (TPSA) is 81.4 Å². The van der Waals surface area contributed by atoms with Gasteiger partial charge in [0.1, 0.15) is 18.2 Å². The van der Waals surface area contributed by atoms with Crippen molar-refractivity contribution in [3.8, 4) is 11.3 Å². The van der Waals surface area contributed by atoms with E-state index < -0.39 is 17.6 Å². The monoisotopic (exact) mass is 442 g/mol. The first-order chi connectivity index (χ1) is 15.4. The van der Waals surface area contributed by atoms with E-state index >= 15 is 0 Å². The maximum absolute atomic E-state index is 13.8. The molecule has 0 radical (unpaired) electrons. The number of esters is 1. The zero-order chi connectivity index (χ0) is 22.9. The molecule has 168 valence electrons. The Bertz CT molecular complexity index is 1060. The summed E-state index contributed by atoms with van der Waals surface area (Å²) in [6.45, 7) is 2.30. The van der Waals surface area contributed by atoms with Crippen molar-refractivity contribution in [1.29, 1.82) is 0 Å². The highest BCUT2D eigenvalue weighted by molar-refractivity contribution is 5.76. The van der Waals surface area contributed by atoms with Gasteiger partial charge in [-0.3, -0.25) is 9.59 Å². The van der Waals surface area contributed by atoms with Gasteiger partial charge >= 0.3 is 5.97 Å². The van der Waals surface area contributed by atoms with Crippen LogP contribution >= 0.6 is 0 Å². The lowest BCUT2D eigenvalue weighted by Gasteiger charge is -2.07. The number of nitrogens with zero attached hydrogens (tertiary/aromatic N) is 1. The van der Waals surface area contributed by atoms with Crippen LogP contribution in [-0.2, 0) is 27.2 Å². The molecule has 2 aromatic carbocycles. The first-order valence-electron chi connectivity index (χ1n) is 10.3. The van der Waals surface area contributed by atoms with Crippen LogP contribution in [0, 0.1) is 18.6 Å². The van der Waals surface area contributed by atoms with Crippen molar-refractivity contribution in [3.63, 3.8) is 0 Å². The van der Waals surface area contributed by atoms with Crippen LogP contribution in [-0.4, -0.2) is 30.0 Å². The van der Waals surface area contributed by atoms with Gasteiger partial charge < -0.3 is 14.5 Å². The molecular weight excluding hydrogens is 418 g/mol. The quantitative estimate of drug-likeness (QED) is 0.377. The van der Waals surface area contributed by atoms with Gasteiger partial charge in [-0.1, -0.05) is 29.8 Å². The molecule has 3 aromatic rings. The third-order valence-electron chi connectivity index (χ3n) is 4.74. The summed E-state index contributed by atoms with van der Waals surface area (Å²) in [5.41, 5.74) is 2.35. The van der Waals surface area contributed by atoms with Gasteiger partial charge in [-0.15, -0.1) is 0 Å². The van der Waals surface area contributed by atoms with Crippen LogP contribution < -0.4 is 5.32 Å². The number of oxazole rings is 1. The Labute approximate surface area is 184 Å². The Kier molecular flexibility index (Phi) is 8.08. The Balaban J connectivity index is 1.32. The van der Waals surface area contributed by atoms with Crippen molar-refractivity contribution in [1.82, 2.24) is 10.3 Å². The number of hydrogen-bond acceptors (Lipinski definition) is 5. The molecule has 1 aromatic heterocycles. The molecule has 0 saturated carbocycles. The maximum Gasteiger partial charge on any atom is 0.306 e. The molecule has 8 heteroatoms. The summed E-state index contributed by atoms with van der Waals surface area (Å²) in [5.74, 6) is -1.62. The lowest BCUT2D eigenvalue weighted by molar-refractivity contribution is -0.144. The fraction of sp³-hybridized carbons (Fsp3) is 0.292. The van der Waals surface area contributed by atoms with Crippen LogP contribution in [0.2, 0.25) is 0 Å². The molecule has 0 aliphatic carbocycles. The highest BCUT2D eigenvalue weighted by Gasteiger charge is 2.13. The molecule has 1 heterocycles. The predicted molar refractivity (Wildman–Crippen MR) is 114 cm³/mol. The number of benzene rings is 2. The minimum atomic E-state index is -0.756. The smallest absolute Gasteiger partial charge is 0.306 e. The lowest BCUT2D eigenvalue weighted by Crippen LogP contribution is -2.28. The van der Waals surface area contributed by atoms with Crippen molar-refractivity contribution in [2.45, 2.75) is 32.6 Å². The van der Waals surface area contributed by atoms with Crippen molar-refractivity contribution in [2.75, 3.05) is 13.2 Å². The number of amides is 1. The number of ether oxygens (including phenoxy) is 1. The van der Waals surface area contributed by atoms with Crippen LogP contribution in [0.1, 0.15) is 29.9 Å². The number of halogens is 2. The minimum Gasteiger partial charge on any atom is -0.464 e. The Morgan fingerprint density at radius 2 is 1.84 bits per heavy atom. The van der Waals surface area contributed by atoms with Gasteiger partial charge in [-0.2, -0.15) is 0 Å². The largest absolute Gasteiger partial charge is 0.464 e. The number of aromatic nitrogens is 1. The number of carbonyl (C=O) groups excluding carboxylic acids is 2. The summed E-state index contributed by atoms with van der Waals surface area (Å²) >= 11 is 0. The summed E-state index contributed by atoms with van der Waals surface area (Å²) in [5, 5.41) is 2.71. The molecule has 1 N–H and O–H groups in total. The van der Waals surface area contributed by atoms with E-state index in [9.17, 15) is 18.4 Å². The molecule has 0 aliphatic rings. The van der Waals surface area contributed by atoms with Crippen LogP contribution in [0.15, 0.2) is 53.1 Å². The Morgan fingerprint density at radius 3 is 2.59 bits per heavy atom. The molecule has 0 bridgehead atoms. The van der Waals surface area contributed by atoms with Crippen LogP contribution in [0.3, 0.4) is 0 Å². The van der Waals surface area contributed by atoms with E-state index in [0.29, 0.717) is 12.8 Å². The molecule has 0 aliphatic heterocycles. The first-order valence-corrected chi connectivity index (χ1v) is 10.3. The van der Waals surface area contributed by atoms with E-state index in [1.54, 1.807) is 0 Å². The van der Waals surface area contributed by atoms with Gasteiger partial charge in [-0.25, -0.2) is 13.8 Å². The zero-order valence-electron chi connectivity index (χ0n) is 17.7. The second-order valence-corrected chi connectivity index (χ2v) is 7.30. The lowest BCUT2D eigenvalue weighted by atomic mass is 10.1. The Morgan fingerprint density at radius 1 is 1.06 bits per heavy atom. The first kappa shape index (κ1) is 23.1. The highest BCUT2D eigenvalue weighted by atomic mass is 19.1. The third kappa shape index (κ3) is 7.01. The number of rotatable bonds is 10. The average molecular weight is 442 g/mol. The molecule has 0 unspecified atom stereocenters. The minimum absolute atomic E-state index is 0.0211. The predicted octanol–water partition coefficient (Wildman–Crippen LogP) is 4.15. The second kappa shape index (κ2) is 11.2. The van der Waals surface area contributed by atoms with Crippen LogP contribution in [0.25, 0.3) is 11.3 Å². The summed E-state index contributed by atoms with van der Waals surface area (Å²) < 4.78 is 37.3. The van der Waals surface area contributed by atoms with Crippen molar-refractivity contribution in [2.24, 2.45) is 0 Å². The normalized spacial score (nSPS) is 10.7. The van der Waals surface area contributed by atoms with Gasteiger partial charge in [0.05, 0.1) is 24.7 Å². The van der Waals surface area contributed by atoms with Crippen LogP contribution in [0.4, 0.5) is 8.78 Å². The fourth-order valence-corrected chi connectivity index (χ4v) is 2.98. The highest BCUT2D eigenvalue weighted by Crippen LogP contribution is 2.24. The van der Waals surface area contributed by atoms with Crippen LogP contribution in [0.5, 0.6) is 0 Å². The molecule has 0 atom stereocenters. The van der Waals surface area contributed by atoms with E-state index in [2.05, 4.69) is 10.3 Å². The third-order valence-corrected chi connectivity index (χ3v) is 4.74. The maximum atomic E-state index is 13.8. The van der Waals surface area contributed by atoms with Gasteiger partial charge in [0.25, 0.3) is 0 Å². The molecule has 0 saturated heterocycles. The summed E-state index contributed by atoms with van der Waals surface area (Å²) in [6.07, 6.45) is 2.52.